The van der Waals surface area contributed by atoms with Crippen LogP contribution in [0, 0.1) is 0 Å². The van der Waals surface area contributed by atoms with Crippen LogP contribution in [-0.2, 0) is 4.74 Å². The largest absolute Gasteiger partial charge is 0.392 e. The highest BCUT2D eigenvalue weighted by Crippen LogP contribution is 2.19. The molecule has 1 fully saturated rings. The van der Waals surface area contributed by atoms with E-state index in [-0.39, 0.29) is 6.10 Å². The standard InChI is InChI=1S/C25H33NO2/c27-25-18-24(26-19-25)20-28-17-9-4-2-1-3-6-10-21-13-15-23(16-14-21)22-11-7-5-8-12-22/h5-8,10-16,24-27H,1-4,9,17-20H2/b10-6+/t24-,25+/m0/s1. The van der Waals surface area contributed by atoms with Gasteiger partial charge in [0.2, 0.25) is 0 Å². The average molecular weight is 380 g/mol. The first-order valence-corrected chi connectivity index (χ1v) is 10.6. The number of benzene rings is 2. The molecule has 3 nitrogen and oxygen atoms in total. The number of rotatable bonds is 11. The lowest BCUT2D eigenvalue weighted by molar-refractivity contribution is 0.107. The summed E-state index contributed by atoms with van der Waals surface area (Å²) in [7, 11) is 0. The Labute approximate surface area is 169 Å². The van der Waals surface area contributed by atoms with E-state index in [9.17, 15) is 5.11 Å². The van der Waals surface area contributed by atoms with E-state index in [1.807, 2.05) is 6.07 Å². The number of aliphatic hydroxyl groups excluding tert-OH is 1. The number of allylic oxidation sites excluding steroid dienone is 1. The molecule has 2 aromatic rings. The zero-order chi connectivity index (χ0) is 19.4. The first kappa shape index (κ1) is 20.8. The molecule has 1 heterocycles. The van der Waals surface area contributed by atoms with E-state index < -0.39 is 0 Å². The van der Waals surface area contributed by atoms with Gasteiger partial charge in [-0.2, -0.15) is 0 Å². The molecule has 0 bridgehead atoms. The third-order valence-corrected chi connectivity index (χ3v) is 5.26. The van der Waals surface area contributed by atoms with Gasteiger partial charge in [0, 0.05) is 19.2 Å². The molecule has 0 spiro atoms. The molecular weight excluding hydrogens is 346 g/mol. The van der Waals surface area contributed by atoms with Gasteiger partial charge >= 0.3 is 0 Å². The number of hydrogen-bond donors (Lipinski definition) is 2. The van der Waals surface area contributed by atoms with Crippen LogP contribution >= 0.6 is 0 Å². The Bertz CT molecular complexity index is 696. The van der Waals surface area contributed by atoms with Crippen molar-refractivity contribution in [3.8, 4) is 11.1 Å². The van der Waals surface area contributed by atoms with Gasteiger partial charge in [0.1, 0.15) is 0 Å². The molecule has 3 heteroatoms. The van der Waals surface area contributed by atoms with Crippen molar-refractivity contribution in [1.82, 2.24) is 5.32 Å². The number of unbranched alkanes of at least 4 members (excludes halogenated alkanes) is 4. The quantitative estimate of drug-likeness (QED) is 0.537. The molecule has 2 N–H and O–H groups in total. The van der Waals surface area contributed by atoms with Crippen molar-refractivity contribution < 1.29 is 9.84 Å². The van der Waals surface area contributed by atoms with Gasteiger partial charge in [0.15, 0.2) is 0 Å². The molecule has 1 aliphatic rings. The summed E-state index contributed by atoms with van der Waals surface area (Å²) in [5.41, 5.74) is 3.79. The van der Waals surface area contributed by atoms with Gasteiger partial charge in [0.05, 0.1) is 12.7 Å². The van der Waals surface area contributed by atoms with E-state index in [0.717, 1.165) is 32.5 Å². The highest BCUT2D eigenvalue weighted by atomic mass is 16.5. The second-order valence-corrected chi connectivity index (χ2v) is 7.66. The summed E-state index contributed by atoms with van der Waals surface area (Å²) in [5.74, 6) is 0. The van der Waals surface area contributed by atoms with Crippen LogP contribution in [0.15, 0.2) is 60.7 Å². The zero-order valence-corrected chi connectivity index (χ0v) is 16.7. The summed E-state index contributed by atoms with van der Waals surface area (Å²) in [6, 6.07) is 19.6. The maximum Gasteiger partial charge on any atom is 0.0680 e. The summed E-state index contributed by atoms with van der Waals surface area (Å²) in [6.07, 6.45) is 11.1. The van der Waals surface area contributed by atoms with Crippen LogP contribution in [0.1, 0.15) is 44.1 Å². The summed E-state index contributed by atoms with van der Waals surface area (Å²) in [4.78, 5) is 0. The Morgan fingerprint density at radius 1 is 0.929 bits per heavy atom. The molecule has 0 unspecified atom stereocenters. The van der Waals surface area contributed by atoms with E-state index in [2.05, 4.69) is 66.0 Å². The van der Waals surface area contributed by atoms with Crippen LogP contribution in [0.25, 0.3) is 17.2 Å². The molecule has 3 rings (SSSR count). The highest BCUT2D eigenvalue weighted by Gasteiger charge is 2.21. The molecule has 28 heavy (non-hydrogen) atoms. The first-order chi connectivity index (χ1) is 13.8. The second-order valence-electron chi connectivity index (χ2n) is 7.66. The van der Waals surface area contributed by atoms with Crippen molar-refractivity contribution in [2.75, 3.05) is 19.8 Å². The first-order valence-electron chi connectivity index (χ1n) is 10.6. The molecule has 0 amide bonds. The lowest BCUT2D eigenvalue weighted by Gasteiger charge is -2.10. The molecule has 2 atom stereocenters. The number of aliphatic hydroxyl groups is 1. The summed E-state index contributed by atoms with van der Waals surface area (Å²) in [5, 5.41) is 12.7. The maximum absolute atomic E-state index is 9.45. The van der Waals surface area contributed by atoms with Crippen molar-refractivity contribution in [2.24, 2.45) is 0 Å². The van der Waals surface area contributed by atoms with Crippen molar-refractivity contribution in [2.45, 2.75) is 50.7 Å². The van der Waals surface area contributed by atoms with Crippen molar-refractivity contribution in [1.29, 1.82) is 0 Å². The van der Waals surface area contributed by atoms with Crippen molar-refractivity contribution >= 4 is 6.08 Å². The zero-order valence-electron chi connectivity index (χ0n) is 16.7. The molecule has 0 aromatic heterocycles. The average Bonchev–Trinajstić information content (AvgIpc) is 3.15. The fourth-order valence-corrected chi connectivity index (χ4v) is 3.61. The lowest BCUT2D eigenvalue weighted by Crippen LogP contribution is -2.26. The van der Waals surface area contributed by atoms with Crippen LogP contribution in [0.3, 0.4) is 0 Å². The minimum absolute atomic E-state index is 0.191. The van der Waals surface area contributed by atoms with Gasteiger partial charge in [-0.05, 0) is 42.4 Å². The fraction of sp³-hybridized carbons (Fsp3) is 0.440. The van der Waals surface area contributed by atoms with Gasteiger partial charge < -0.3 is 15.2 Å². The minimum atomic E-state index is -0.191. The Kier molecular flexibility index (Phi) is 8.76. The number of hydrogen-bond acceptors (Lipinski definition) is 3. The van der Waals surface area contributed by atoms with Gasteiger partial charge in [0.25, 0.3) is 0 Å². The minimum Gasteiger partial charge on any atom is -0.392 e. The van der Waals surface area contributed by atoms with Gasteiger partial charge in [-0.3, -0.25) is 0 Å². The Balaban J connectivity index is 1.22. The lowest BCUT2D eigenvalue weighted by atomic mass is 10.0. The molecule has 0 saturated carbocycles. The third-order valence-electron chi connectivity index (χ3n) is 5.26. The predicted molar refractivity (Wildman–Crippen MR) is 117 cm³/mol. The van der Waals surface area contributed by atoms with E-state index in [0.29, 0.717) is 12.6 Å². The molecule has 0 aliphatic carbocycles. The van der Waals surface area contributed by atoms with E-state index in [4.69, 9.17) is 4.74 Å². The third kappa shape index (κ3) is 7.23. The van der Waals surface area contributed by atoms with Crippen LogP contribution in [0.4, 0.5) is 0 Å². The van der Waals surface area contributed by atoms with Crippen LogP contribution in [0.2, 0.25) is 0 Å². The van der Waals surface area contributed by atoms with E-state index in [1.54, 1.807) is 0 Å². The SMILES string of the molecule is O[C@H]1CN[C@H](COCCCCCC/C=C/c2ccc(-c3ccccc3)cc2)C1. The fourth-order valence-electron chi connectivity index (χ4n) is 3.61. The van der Waals surface area contributed by atoms with Crippen molar-refractivity contribution in [3.05, 3.63) is 66.2 Å². The summed E-state index contributed by atoms with van der Waals surface area (Å²) >= 11 is 0. The summed E-state index contributed by atoms with van der Waals surface area (Å²) in [6.45, 7) is 2.26. The molecule has 1 aliphatic heterocycles. The highest BCUT2D eigenvalue weighted by molar-refractivity contribution is 5.65. The molecule has 150 valence electrons. The molecular formula is C25H33NO2. The Morgan fingerprint density at radius 2 is 1.68 bits per heavy atom. The van der Waals surface area contributed by atoms with Gasteiger partial charge in [-0.1, -0.05) is 79.6 Å². The van der Waals surface area contributed by atoms with Gasteiger partial charge in [-0.25, -0.2) is 0 Å². The number of β-amino-alcohol motifs (C(OH)–C–C–N with tert-alkyl or cyclic N) is 1. The Morgan fingerprint density at radius 3 is 2.43 bits per heavy atom. The number of nitrogens with one attached hydrogen (secondary N) is 1. The molecule has 1 saturated heterocycles. The molecule has 2 aromatic carbocycles. The molecule has 0 radical (unpaired) electrons. The van der Waals surface area contributed by atoms with Gasteiger partial charge in [-0.15, -0.1) is 0 Å². The van der Waals surface area contributed by atoms with E-state index in [1.165, 1.54) is 36.0 Å². The van der Waals surface area contributed by atoms with Crippen LogP contribution in [-0.4, -0.2) is 37.0 Å². The Hall–Kier alpha value is -1.94. The normalized spacial score (nSPS) is 19.5. The predicted octanol–water partition coefficient (Wildman–Crippen LogP) is 5.06. The number of ether oxygens (including phenoxy) is 1. The van der Waals surface area contributed by atoms with Crippen molar-refractivity contribution in [3.63, 3.8) is 0 Å². The maximum atomic E-state index is 9.45. The monoisotopic (exact) mass is 379 g/mol. The smallest absolute Gasteiger partial charge is 0.0680 e. The van der Waals surface area contributed by atoms with Crippen LogP contribution < -0.4 is 5.32 Å². The van der Waals surface area contributed by atoms with E-state index >= 15 is 0 Å². The topological polar surface area (TPSA) is 41.5 Å². The summed E-state index contributed by atoms with van der Waals surface area (Å²) < 4.78 is 5.71. The van der Waals surface area contributed by atoms with Crippen LogP contribution in [0.5, 0.6) is 0 Å². The second kappa shape index (κ2) is 11.8.